The van der Waals surface area contributed by atoms with Gasteiger partial charge in [0, 0.05) is 20.7 Å². The van der Waals surface area contributed by atoms with Crippen LogP contribution in [0, 0.1) is 0 Å². The first-order valence-corrected chi connectivity index (χ1v) is 6.85. The van der Waals surface area contributed by atoms with Gasteiger partial charge in [0.05, 0.1) is 17.0 Å². The van der Waals surface area contributed by atoms with Crippen molar-refractivity contribution in [2.24, 2.45) is 0 Å². The molecule has 0 radical (unpaired) electrons. The molecule has 0 atom stereocenters. The predicted octanol–water partition coefficient (Wildman–Crippen LogP) is 4.36. The fourth-order valence-corrected chi connectivity index (χ4v) is 3.82. The molecule has 2 nitrogen and oxygen atoms in total. The van der Waals surface area contributed by atoms with Gasteiger partial charge in [-0.25, -0.2) is 0 Å². The highest BCUT2D eigenvalue weighted by Crippen LogP contribution is 2.42. The number of benzene rings is 1. The first-order valence-electron chi connectivity index (χ1n) is 4.86. The quantitative estimate of drug-likeness (QED) is 0.777. The summed E-state index contributed by atoms with van der Waals surface area (Å²) in [6, 6.07) is 5.87. The standard InChI is InChI=1S/C11H8BrClO2S/c12-10-9(11-14-3-4-15-11)7-5-6(13)1-2-8(7)16-10/h1-2,5,11H,3-4H2. The van der Waals surface area contributed by atoms with Gasteiger partial charge in [-0.05, 0) is 34.1 Å². The van der Waals surface area contributed by atoms with Crippen molar-refractivity contribution in [3.05, 3.63) is 32.6 Å². The van der Waals surface area contributed by atoms with Gasteiger partial charge in [-0.15, -0.1) is 11.3 Å². The van der Waals surface area contributed by atoms with Gasteiger partial charge in [0.1, 0.15) is 0 Å². The van der Waals surface area contributed by atoms with Gasteiger partial charge >= 0.3 is 0 Å². The zero-order valence-corrected chi connectivity index (χ0v) is 11.4. The molecule has 84 valence electrons. The minimum absolute atomic E-state index is 0.262. The molecule has 1 aromatic carbocycles. The zero-order valence-electron chi connectivity index (χ0n) is 8.20. The summed E-state index contributed by atoms with van der Waals surface area (Å²) in [6.07, 6.45) is -0.262. The highest BCUT2D eigenvalue weighted by Gasteiger charge is 2.25. The highest BCUT2D eigenvalue weighted by molar-refractivity contribution is 9.11. The Bertz CT molecular complexity index is 534. The normalized spacial score (nSPS) is 17.4. The Balaban J connectivity index is 2.20. The Kier molecular flexibility index (Phi) is 2.94. The second kappa shape index (κ2) is 4.27. The Morgan fingerprint density at radius 1 is 1.31 bits per heavy atom. The number of hydrogen-bond acceptors (Lipinski definition) is 3. The summed E-state index contributed by atoms with van der Waals surface area (Å²) in [4.78, 5) is 0. The minimum Gasteiger partial charge on any atom is -0.346 e. The SMILES string of the molecule is Clc1ccc2sc(Br)c(C3OCCO3)c2c1. The predicted molar refractivity (Wildman–Crippen MR) is 69.2 cm³/mol. The van der Waals surface area contributed by atoms with Gasteiger partial charge in [-0.1, -0.05) is 11.6 Å². The smallest absolute Gasteiger partial charge is 0.186 e. The number of halogens is 2. The van der Waals surface area contributed by atoms with Gasteiger partial charge < -0.3 is 9.47 Å². The molecule has 1 fully saturated rings. The second-order valence-electron chi connectivity index (χ2n) is 3.50. The summed E-state index contributed by atoms with van der Waals surface area (Å²) in [5.41, 5.74) is 1.06. The second-order valence-corrected chi connectivity index (χ2v) is 6.31. The number of hydrogen-bond donors (Lipinski definition) is 0. The number of ether oxygens (including phenoxy) is 2. The topological polar surface area (TPSA) is 18.5 Å². The molecule has 0 saturated carbocycles. The summed E-state index contributed by atoms with van der Waals surface area (Å²) in [5, 5.41) is 1.84. The van der Waals surface area contributed by atoms with Crippen LogP contribution in [0.1, 0.15) is 11.9 Å². The van der Waals surface area contributed by atoms with E-state index in [0.29, 0.717) is 13.2 Å². The third-order valence-corrected chi connectivity index (χ3v) is 4.62. The lowest BCUT2D eigenvalue weighted by Crippen LogP contribution is -1.97. The van der Waals surface area contributed by atoms with Gasteiger partial charge in [0.25, 0.3) is 0 Å². The van der Waals surface area contributed by atoms with Crippen LogP contribution in [-0.2, 0) is 9.47 Å². The number of fused-ring (bicyclic) bond motifs is 1. The average Bonchev–Trinajstić information content (AvgIpc) is 2.83. The van der Waals surface area contributed by atoms with Crippen molar-refractivity contribution >= 4 is 49.0 Å². The van der Waals surface area contributed by atoms with Crippen LogP contribution in [0.15, 0.2) is 22.0 Å². The molecule has 0 bridgehead atoms. The van der Waals surface area contributed by atoms with Crippen molar-refractivity contribution in [1.29, 1.82) is 0 Å². The number of thiophene rings is 1. The van der Waals surface area contributed by atoms with E-state index in [-0.39, 0.29) is 6.29 Å². The Morgan fingerprint density at radius 3 is 2.81 bits per heavy atom. The largest absolute Gasteiger partial charge is 0.346 e. The maximum absolute atomic E-state index is 6.01. The monoisotopic (exact) mass is 318 g/mol. The van der Waals surface area contributed by atoms with Gasteiger partial charge in [-0.3, -0.25) is 0 Å². The van der Waals surface area contributed by atoms with E-state index in [1.807, 2.05) is 18.2 Å². The molecule has 1 aromatic heterocycles. The molecule has 2 aromatic rings. The molecule has 0 aliphatic carbocycles. The molecular formula is C11H8BrClO2S. The van der Waals surface area contributed by atoms with Crippen LogP contribution >= 0.6 is 38.9 Å². The van der Waals surface area contributed by atoms with Gasteiger partial charge in [-0.2, -0.15) is 0 Å². The van der Waals surface area contributed by atoms with E-state index in [2.05, 4.69) is 15.9 Å². The molecule has 16 heavy (non-hydrogen) atoms. The van der Waals surface area contributed by atoms with Crippen molar-refractivity contribution < 1.29 is 9.47 Å². The molecule has 1 aliphatic rings. The maximum Gasteiger partial charge on any atom is 0.186 e. The van der Waals surface area contributed by atoms with Crippen LogP contribution < -0.4 is 0 Å². The molecule has 1 aliphatic heterocycles. The summed E-state index contributed by atoms with van der Waals surface area (Å²) in [6.45, 7) is 1.30. The molecule has 1 saturated heterocycles. The summed E-state index contributed by atoms with van der Waals surface area (Å²) >= 11 is 11.2. The van der Waals surface area contributed by atoms with Crippen molar-refractivity contribution in [1.82, 2.24) is 0 Å². The lowest BCUT2D eigenvalue weighted by Gasteiger charge is -2.08. The van der Waals surface area contributed by atoms with Crippen LogP contribution in [0.25, 0.3) is 10.1 Å². The Labute approximate surface area is 110 Å². The minimum atomic E-state index is -0.262. The van der Waals surface area contributed by atoms with Gasteiger partial charge in [0.2, 0.25) is 0 Å². The fourth-order valence-electron chi connectivity index (χ4n) is 1.80. The van der Waals surface area contributed by atoms with E-state index in [1.165, 1.54) is 4.70 Å². The van der Waals surface area contributed by atoms with Crippen LogP contribution in [0.5, 0.6) is 0 Å². The van der Waals surface area contributed by atoms with E-state index in [0.717, 1.165) is 19.8 Å². The Morgan fingerprint density at radius 2 is 2.06 bits per heavy atom. The molecule has 0 amide bonds. The van der Waals surface area contributed by atoms with Gasteiger partial charge in [0.15, 0.2) is 6.29 Å². The first kappa shape index (κ1) is 11.0. The van der Waals surface area contributed by atoms with Crippen molar-refractivity contribution in [3.63, 3.8) is 0 Å². The molecular weight excluding hydrogens is 312 g/mol. The van der Waals surface area contributed by atoms with E-state index in [4.69, 9.17) is 21.1 Å². The van der Waals surface area contributed by atoms with E-state index < -0.39 is 0 Å². The molecule has 3 rings (SSSR count). The zero-order chi connectivity index (χ0) is 11.1. The third-order valence-electron chi connectivity index (χ3n) is 2.50. The third kappa shape index (κ3) is 1.79. The lowest BCUT2D eigenvalue weighted by atomic mass is 10.2. The van der Waals surface area contributed by atoms with Crippen molar-refractivity contribution in [2.75, 3.05) is 13.2 Å². The highest BCUT2D eigenvalue weighted by atomic mass is 79.9. The molecule has 0 spiro atoms. The molecule has 5 heteroatoms. The van der Waals surface area contributed by atoms with Crippen LogP contribution in [0.2, 0.25) is 5.02 Å². The van der Waals surface area contributed by atoms with Crippen molar-refractivity contribution in [3.8, 4) is 0 Å². The summed E-state index contributed by atoms with van der Waals surface area (Å²) in [5.74, 6) is 0. The lowest BCUT2D eigenvalue weighted by molar-refractivity contribution is -0.0432. The van der Waals surface area contributed by atoms with Crippen molar-refractivity contribution in [2.45, 2.75) is 6.29 Å². The number of rotatable bonds is 1. The Hall–Kier alpha value is -0.130. The molecule has 2 heterocycles. The van der Waals surface area contributed by atoms with E-state index >= 15 is 0 Å². The fraction of sp³-hybridized carbons (Fsp3) is 0.273. The molecule has 0 N–H and O–H groups in total. The van der Waals surface area contributed by atoms with Crippen LogP contribution in [0.3, 0.4) is 0 Å². The van der Waals surface area contributed by atoms with E-state index in [1.54, 1.807) is 11.3 Å². The van der Waals surface area contributed by atoms with E-state index in [9.17, 15) is 0 Å². The first-order chi connectivity index (χ1) is 7.75. The van der Waals surface area contributed by atoms with Crippen LogP contribution in [-0.4, -0.2) is 13.2 Å². The maximum atomic E-state index is 6.01. The average molecular weight is 320 g/mol. The summed E-state index contributed by atoms with van der Waals surface area (Å²) < 4.78 is 13.3. The van der Waals surface area contributed by atoms with Crippen LogP contribution in [0.4, 0.5) is 0 Å². The summed E-state index contributed by atoms with van der Waals surface area (Å²) in [7, 11) is 0. The molecule has 0 unspecified atom stereocenters.